The number of alkyl halides is 1. The Hall–Kier alpha value is -1.40. The molecule has 0 spiro atoms. The number of hydrogen-bond donors (Lipinski definition) is 1. The molecule has 0 radical (unpaired) electrons. The lowest BCUT2D eigenvalue weighted by atomic mass is 10.3. The first-order valence-electron chi connectivity index (χ1n) is 4.07. The van der Waals surface area contributed by atoms with Gasteiger partial charge in [0, 0.05) is 13.0 Å². The largest absolute Gasteiger partial charge is 0.330 e. The van der Waals surface area contributed by atoms with E-state index in [-0.39, 0.29) is 0 Å². The summed E-state index contributed by atoms with van der Waals surface area (Å²) < 4.78 is 12.2. The average Bonchev–Trinajstić information content (AvgIpc) is 2.19. The maximum absolute atomic E-state index is 12.2. The Kier molecular flexibility index (Phi) is 3.94. The van der Waals surface area contributed by atoms with E-state index in [2.05, 4.69) is 16.8 Å². The number of hydrogen-bond acceptors (Lipinski definition) is 2. The van der Waals surface area contributed by atoms with Crippen molar-refractivity contribution in [1.82, 2.24) is 4.98 Å². The van der Waals surface area contributed by atoms with Gasteiger partial charge in [-0.3, -0.25) is 0 Å². The number of nitrogens with zero attached hydrogens (tertiary/aromatic N) is 1. The molecule has 0 amide bonds. The van der Waals surface area contributed by atoms with Gasteiger partial charge in [-0.25, -0.2) is 9.37 Å². The van der Waals surface area contributed by atoms with Crippen LogP contribution in [0.25, 0.3) is 0 Å². The number of aromatic nitrogens is 1. The van der Waals surface area contributed by atoms with Gasteiger partial charge >= 0.3 is 0 Å². The van der Waals surface area contributed by atoms with E-state index in [4.69, 9.17) is 5.73 Å². The Balaban J connectivity index is 2.73. The summed E-state index contributed by atoms with van der Waals surface area (Å²) in [6.45, 7) is -0.0117. The number of halogens is 1. The maximum Gasteiger partial charge on any atom is 0.131 e. The Morgan fingerprint density at radius 1 is 1.46 bits per heavy atom. The molecule has 0 bridgehead atoms. The summed E-state index contributed by atoms with van der Waals surface area (Å²) in [6.07, 6.45) is 0.640. The van der Waals surface area contributed by atoms with E-state index < -0.39 is 6.67 Å². The molecule has 0 aliphatic heterocycles. The van der Waals surface area contributed by atoms with Crippen LogP contribution >= 0.6 is 0 Å². The Bertz CT molecular complexity index is 325. The van der Waals surface area contributed by atoms with Gasteiger partial charge < -0.3 is 5.73 Å². The topological polar surface area (TPSA) is 38.9 Å². The van der Waals surface area contributed by atoms with Crippen LogP contribution in [0.4, 0.5) is 4.39 Å². The van der Waals surface area contributed by atoms with Gasteiger partial charge in [-0.05, 0) is 18.1 Å². The molecule has 1 heterocycles. The number of pyridine rings is 1. The van der Waals surface area contributed by atoms with E-state index in [9.17, 15) is 4.39 Å². The molecule has 0 atom stereocenters. The SMILES string of the molecule is NCCC#Cc1cccc(CF)n1. The van der Waals surface area contributed by atoms with E-state index in [1.165, 1.54) is 0 Å². The Labute approximate surface area is 77.0 Å². The molecule has 2 N–H and O–H groups in total. The van der Waals surface area contributed by atoms with Crippen LogP contribution in [0.5, 0.6) is 0 Å². The molecule has 1 aromatic heterocycles. The third-order valence-electron chi connectivity index (χ3n) is 1.43. The van der Waals surface area contributed by atoms with Crippen LogP contribution in [-0.4, -0.2) is 11.5 Å². The minimum atomic E-state index is -0.549. The molecule has 3 heteroatoms. The minimum Gasteiger partial charge on any atom is -0.330 e. The lowest BCUT2D eigenvalue weighted by Crippen LogP contribution is -1.95. The van der Waals surface area contributed by atoms with Gasteiger partial charge in [0.25, 0.3) is 0 Å². The second-order valence-electron chi connectivity index (χ2n) is 2.49. The zero-order valence-corrected chi connectivity index (χ0v) is 7.26. The molecule has 2 nitrogen and oxygen atoms in total. The molecule has 0 fully saturated rings. The standard InChI is InChI=1S/C10H11FN2/c11-8-10-6-3-5-9(13-10)4-1-2-7-12/h3,5-6H,2,7-8,12H2. The van der Waals surface area contributed by atoms with Crippen molar-refractivity contribution in [1.29, 1.82) is 0 Å². The smallest absolute Gasteiger partial charge is 0.131 e. The van der Waals surface area contributed by atoms with E-state index in [1.54, 1.807) is 18.2 Å². The minimum absolute atomic E-state index is 0.416. The van der Waals surface area contributed by atoms with E-state index >= 15 is 0 Å². The van der Waals surface area contributed by atoms with Crippen LogP contribution in [0, 0.1) is 11.8 Å². The molecule has 0 unspecified atom stereocenters. The monoisotopic (exact) mass is 178 g/mol. The summed E-state index contributed by atoms with van der Waals surface area (Å²) in [4.78, 5) is 3.97. The molecule has 0 aliphatic carbocycles. The quantitative estimate of drug-likeness (QED) is 0.692. The zero-order chi connectivity index (χ0) is 9.52. The molecule has 0 aromatic carbocycles. The van der Waals surface area contributed by atoms with E-state index in [0.29, 0.717) is 24.4 Å². The van der Waals surface area contributed by atoms with Crippen LogP contribution in [0.15, 0.2) is 18.2 Å². The second kappa shape index (κ2) is 5.28. The summed E-state index contributed by atoms with van der Waals surface area (Å²) >= 11 is 0. The van der Waals surface area contributed by atoms with Crippen LogP contribution < -0.4 is 5.73 Å². The van der Waals surface area contributed by atoms with E-state index in [1.807, 2.05) is 0 Å². The second-order valence-corrected chi connectivity index (χ2v) is 2.49. The van der Waals surface area contributed by atoms with Crippen molar-refractivity contribution >= 4 is 0 Å². The van der Waals surface area contributed by atoms with Crippen molar-refractivity contribution in [3.8, 4) is 11.8 Å². The third kappa shape index (κ3) is 3.22. The summed E-state index contributed by atoms with van der Waals surface area (Å²) in [5, 5.41) is 0. The zero-order valence-electron chi connectivity index (χ0n) is 7.26. The first-order chi connectivity index (χ1) is 6.36. The molecule has 68 valence electrons. The Morgan fingerprint density at radius 2 is 2.31 bits per heavy atom. The van der Waals surface area contributed by atoms with Crippen molar-refractivity contribution in [2.45, 2.75) is 13.1 Å². The average molecular weight is 178 g/mol. The van der Waals surface area contributed by atoms with Crippen molar-refractivity contribution in [3.63, 3.8) is 0 Å². The number of nitrogens with two attached hydrogens (primary N) is 1. The molecule has 0 saturated heterocycles. The first-order valence-corrected chi connectivity index (χ1v) is 4.07. The van der Waals surface area contributed by atoms with Crippen LogP contribution in [-0.2, 0) is 6.67 Å². The highest BCUT2D eigenvalue weighted by atomic mass is 19.1. The highest BCUT2D eigenvalue weighted by Gasteiger charge is 1.92. The van der Waals surface area contributed by atoms with Crippen LogP contribution in [0.3, 0.4) is 0 Å². The fraction of sp³-hybridized carbons (Fsp3) is 0.300. The summed E-state index contributed by atoms with van der Waals surface area (Å²) in [5.41, 5.74) is 6.28. The normalized spacial score (nSPS) is 9.08. The summed E-state index contributed by atoms with van der Waals surface area (Å²) in [5.74, 6) is 5.66. The van der Waals surface area contributed by atoms with Gasteiger partial charge in [-0.15, -0.1) is 0 Å². The lowest BCUT2D eigenvalue weighted by Gasteiger charge is -1.93. The fourth-order valence-electron chi connectivity index (χ4n) is 0.849. The van der Waals surface area contributed by atoms with E-state index in [0.717, 1.165) is 0 Å². The molecular weight excluding hydrogens is 167 g/mol. The van der Waals surface area contributed by atoms with Gasteiger partial charge in [0.2, 0.25) is 0 Å². The van der Waals surface area contributed by atoms with Crippen molar-refractivity contribution in [3.05, 3.63) is 29.6 Å². The van der Waals surface area contributed by atoms with Crippen molar-refractivity contribution in [2.75, 3.05) is 6.54 Å². The molecular formula is C10H11FN2. The molecule has 1 aromatic rings. The van der Waals surface area contributed by atoms with Gasteiger partial charge in [0.05, 0.1) is 5.69 Å². The van der Waals surface area contributed by atoms with Gasteiger partial charge in [0.15, 0.2) is 0 Å². The van der Waals surface area contributed by atoms with Crippen molar-refractivity contribution in [2.24, 2.45) is 5.73 Å². The third-order valence-corrected chi connectivity index (χ3v) is 1.43. The molecule has 0 aliphatic rings. The summed E-state index contributed by atoms with van der Waals surface area (Å²) in [7, 11) is 0. The molecule has 13 heavy (non-hydrogen) atoms. The van der Waals surface area contributed by atoms with Crippen LogP contribution in [0.1, 0.15) is 17.8 Å². The van der Waals surface area contributed by atoms with Crippen molar-refractivity contribution < 1.29 is 4.39 Å². The Morgan fingerprint density at radius 3 is 3.00 bits per heavy atom. The predicted molar refractivity (Wildman–Crippen MR) is 49.6 cm³/mol. The highest BCUT2D eigenvalue weighted by Crippen LogP contribution is 1.99. The maximum atomic E-state index is 12.2. The first kappa shape index (κ1) is 9.69. The fourth-order valence-corrected chi connectivity index (χ4v) is 0.849. The van der Waals surface area contributed by atoms with Gasteiger partial charge in [-0.1, -0.05) is 12.0 Å². The van der Waals surface area contributed by atoms with Crippen LogP contribution in [0.2, 0.25) is 0 Å². The predicted octanol–water partition coefficient (Wildman–Crippen LogP) is 1.25. The number of rotatable bonds is 2. The highest BCUT2D eigenvalue weighted by molar-refractivity contribution is 5.28. The van der Waals surface area contributed by atoms with Gasteiger partial charge in [-0.2, -0.15) is 0 Å². The molecule has 0 saturated carbocycles. The molecule has 1 rings (SSSR count). The lowest BCUT2D eigenvalue weighted by molar-refractivity contribution is 0.476. The van der Waals surface area contributed by atoms with Gasteiger partial charge in [0.1, 0.15) is 12.4 Å². The summed E-state index contributed by atoms with van der Waals surface area (Å²) in [6, 6.07) is 5.13.